The summed E-state index contributed by atoms with van der Waals surface area (Å²) in [6.45, 7) is 0. The minimum atomic E-state index is -0.365. The number of nitriles is 1. The molecular weight excluding hydrogens is 332 g/mol. The van der Waals surface area contributed by atoms with Crippen LogP contribution >= 0.6 is 0 Å². The lowest BCUT2D eigenvalue weighted by Gasteiger charge is -2.32. The van der Waals surface area contributed by atoms with Gasteiger partial charge >= 0.3 is 0 Å². The first-order valence-corrected chi connectivity index (χ1v) is 8.58. The van der Waals surface area contributed by atoms with E-state index in [4.69, 9.17) is 5.26 Å². The van der Waals surface area contributed by atoms with Crippen molar-refractivity contribution in [2.75, 3.05) is 0 Å². The van der Waals surface area contributed by atoms with Crippen LogP contribution in [0, 0.1) is 28.9 Å². The van der Waals surface area contributed by atoms with Gasteiger partial charge in [0.05, 0.1) is 24.0 Å². The Morgan fingerprint density at radius 1 is 1.15 bits per heavy atom. The molecule has 130 valence electrons. The summed E-state index contributed by atoms with van der Waals surface area (Å²) in [7, 11) is 0. The van der Waals surface area contributed by atoms with E-state index in [1.165, 1.54) is 18.2 Å². The topological polar surface area (TPSA) is 41.6 Å². The van der Waals surface area contributed by atoms with Crippen molar-refractivity contribution in [3.05, 3.63) is 89.0 Å². The largest absolute Gasteiger partial charge is 0.327 e. The van der Waals surface area contributed by atoms with Crippen molar-refractivity contribution in [2.45, 2.75) is 25.3 Å². The summed E-state index contributed by atoms with van der Waals surface area (Å²) in [4.78, 5) is 4.23. The predicted octanol–water partition coefficient (Wildman–Crippen LogP) is 4.43. The van der Waals surface area contributed by atoms with Gasteiger partial charge in [-0.05, 0) is 55.0 Å². The van der Waals surface area contributed by atoms with Gasteiger partial charge in [-0.25, -0.2) is 13.8 Å². The van der Waals surface area contributed by atoms with Crippen LogP contribution in [-0.2, 0) is 12.8 Å². The number of nitrogens with zero attached hydrogens (tertiary/aromatic N) is 3. The lowest BCUT2D eigenvalue weighted by molar-refractivity contribution is 0.337. The van der Waals surface area contributed by atoms with E-state index in [1.807, 2.05) is 16.8 Å². The monoisotopic (exact) mass is 349 g/mol. The molecule has 2 aromatic carbocycles. The second-order valence-electron chi connectivity index (χ2n) is 6.79. The van der Waals surface area contributed by atoms with Gasteiger partial charge in [0.2, 0.25) is 0 Å². The van der Waals surface area contributed by atoms with Gasteiger partial charge < -0.3 is 4.57 Å². The average molecular weight is 349 g/mol. The van der Waals surface area contributed by atoms with Crippen LogP contribution in [-0.4, -0.2) is 9.55 Å². The minimum absolute atomic E-state index is 0.153. The maximum atomic E-state index is 14.6. The molecular formula is C21H17F2N3. The predicted molar refractivity (Wildman–Crippen MR) is 93.4 cm³/mol. The van der Waals surface area contributed by atoms with E-state index in [-0.39, 0.29) is 17.7 Å². The van der Waals surface area contributed by atoms with Gasteiger partial charge in [-0.1, -0.05) is 18.2 Å². The Kier molecular flexibility index (Phi) is 4.26. The second-order valence-corrected chi connectivity index (χ2v) is 6.79. The van der Waals surface area contributed by atoms with Crippen LogP contribution in [0.15, 0.2) is 55.0 Å². The van der Waals surface area contributed by atoms with E-state index in [0.29, 0.717) is 17.0 Å². The molecule has 5 heteroatoms. The molecule has 0 N–H and O–H groups in total. The van der Waals surface area contributed by atoms with Gasteiger partial charge in [0, 0.05) is 17.5 Å². The molecule has 2 heterocycles. The molecule has 2 atom stereocenters. The summed E-state index contributed by atoms with van der Waals surface area (Å²) in [6, 6.07) is 13.0. The van der Waals surface area contributed by atoms with Crippen molar-refractivity contribution >= 4 is 0 Å². The number of fused-ring (bicyclic) bond motifs is 1. The zero-order chi connectivity index (χ0) is 18.1. The lowest BCUT2D eigenvalue weighted by atomic mass is 9.83. The highest BCUT2D eigenvalue weighted by molar-refractivity contribution is 5.35. The molecule has 3 aromatic rings. The Balaban J connectivity index is 1.64. The number of hydrogen-bond donors (Lipinski definition) is 0. The minimum Gasteiger partial charge on any atom is -0.327 e. The van der Waals surface area contributed by atoms with Crippen LogP contribution in [0.4, 0.5) is 8.78 Å². The fourth-order valence-corrected chi connectivity index (χ4v) is 3.83. The molecule has 0 aliphatic carbocycles. The first-order chi connectivity index (χ1) is 12.6. The molecule has 0 spiro atoms. The van der Waals surface area contributed by atoms with Crippen molar-refractivity contribution in [1.82, 2.24) is 9.55 Å². The van der Waals surface area contributed by atoms with E-state index in [0.717, 1.165) is 30.5 Å². The van der Waals surface area contributed by atoms with E-state index in [1.54, 1.807) is 30.6 Å². The molecule has 1 aliphatic rings. The zero-order valence-electron chi connectivity index (χ0n) is 14.1. The molecule has 4 rings (SSSR count). The Morgan fingerprint density at radius 3 is 2.69 bits per heavy atom. The van der Waals surface area contributed by atoms with Gasteiger partial charge in [0.1, 0.15) is 11.6 Å². The summed E-state index contributed by atoms with van der Waals surface area (Å²) in [5.41, 5.74) is 3.03. The number of rotatable bonds is 3. The SMILES string of the molecule is N#Cc1ccc([C@@H]2C[C@H](Cc3ccc(F)cc3)Cc3cncn32)c(F)c1. The van der Waals surface area contributed by atoms with Gasteiger partial charge in [-0.2, -0.15) is 5.26 Å². The number of benzene rings is 2. The Hall–Kier alpha value is -3.00. The Morgan fingerprint density at radius 2 is 1.96 bits per heavy atom. The molecule has 0 amide bonds. The summed E-state index contributed by atoms with van der Waals surface area (Å²) < 4.78 is 29.7. The number of aromatic nitrogens is 2. The highest BCUT2D eigenvalue weighted by Crippen LogP contribution is 2.36. The molecule has 26 heavy (non-hydrogen) atoms. The van der Waals surface area contributed by atoms with Crippen LogP contribution < -0.4 is 0 Å². The maximum Gasteiger partial charge on any atom is 0.129 e. The Labute approximate surface area is 150 Å². The van der Waals surface area contributed by atoms with Gasteiger partial charge in [-0.15, -0.1) is 0 Å². The molecule has 1 aromatic heterocycles. The average Bonchev–Trinajstić information content (AvgIpc) is 3.11. The third-order valence-corrected chi connectivity index (χ3v) is 5.06. The first kappa shape index (κ1) is 16.5. The molecule has 0 radical (unpaired) electrons. The number of imidazole rings is 1. The normalized spacial score (nSPS) is 19.0. The van der Waals surface area contributed by atoms with Gasteiger partial charge in [0.15, 0.2) is 0 Å². The highest BCUT2D eigenvalue weighted by atomic mass is 19.1. The fourth-order valence-electron chi connectivity index (χ4n) is 3.83. The molecule has 0 fully saturated rings. The molecule has 0 saturated carbocycles. The van der Waals surface area contributed by atoms with E-state index >= 15 is 0 Å². The van der Waals surface area contributed by atoms with Crippen molar-refractivity contribution in [3.8, 4) is 6.07 Å². The van der Waals surface area contributed by atoms with E-state index in [9.17, 15) is 8.78 Å². The van der Waals surface area contributed by atoms with Crippen molar-refractivity contribution in [3.63, 3.8) is 0 Å². The van der Waals surface area contributed by atoms with Crippen LogP contribution in [0.1, 0.15) is 34.8 Å². The van der Waals surface area contributed by atoms with Gasteiger partial charge in [0.25, 0.3) is 0 Å². The van der Waals surface area contributed by atoms with Crippen molar-refractivity contribution < 1.29 is 8.78 Å². The second kappa shape index (κ2) is 6.72. The lowest BCUT2D eigenvalue weighted by Crippen LogP contribution is -2.26. The smallest absolute Gasteiger partial charge is 0.129 e. The van der Waals surface area contributed by atoms with Crippen LogP contribution in [0.2, 0.25) is 0 Å². The zero-order valence-corrected chi connectivity index (χ0v) is 14.1. The molecule has 0 saturated heterocycles. The molecule has 1 aliphatic heterocycles. The van der Waals surface area contributed by atoms with Crippen LogP contribution in [0.3, 0.4) is 0 Å². The van der Waals surface area contributed by atoms with Crippen molar-refractivity contribution in [1.29, 1.82) is 5.26 Å². The number of halogens is 2. The van der Waals surface area contributed by atoms with E-state index < -0.39 is 0 Å². The van der Waals surface area contributed by atoms with E-state index in [2.05, 4.69) is 4.98 Å². The number of hydrogen-bond acceptors (Lipinski definition) is 2. The molecule has 0 unspecified atom stereocenters. The quantitative estimate of drug-likeness (QED) is 0.702. The summed E-state index contributed by atoms with van der Waals surface area (Å²) in [5, 5.41) is 8.96. The summed E-state index contributed by atoms with van der Waals surface area (Å²) in [5.74, 6) is -0.297. The summed E-state index contributed by atoms with van der Waals surface area (Å²) >= 11 is 0. The van der Waals surface area contributed by atoms with Gasteiger partial charge in [-0.3, -0.25) is 0 Å². The summed E-state index contributed by atoms with van der Waals surface area (Å²) in [6.07, 6.45) is 5.99. The van der Waals surface area contributed by atoms with Crippen LogP contribution in [0.25, 0.3) is 0 Å². The Bertz CT molecular complexity index is 970. The maximum absolute atomic E-state index is 14.6. The highest BCUT2D eigenvalue weighted by Gasteiger charge is 2.29. The first-order valence-electron chi connectivity index (χ1n) is 8.58. The molecule has 0 bridgehead atoms. The fraction of sp³-hybridized carbons (Fsp3) is 0.238. The van der Waals surface area contributed by atoms with Crippen molar-refractivity contribution in [2.24, 2.45) is 5.92 Å². The third kappa shape index (κ3) is 3.11. The molecule has 3 nitrogen and oxygen atoms in total. The van der Waals surface area contributed by atoms with Crippen LogP contribution in [0.5, 0.6) is 0 Å². The standard InChI is InChI=1S/C21H17F2N3/c22-17-4-1-14(2-5-17)7-16-8-18-12-25-13-26(18)21(10-16)19-6-3-15(11-24)9-20(19)23/h1-6,9,12-13,16,21H,7-8,10H2/t16-,21+/m1/s1. The third-order valence-electron chi connectivity index (χ3n) is 5.06.